The highest BCUT2D eigenvalue weighted by Gasteiger charge is 2.34. The number of likely N-dealkylation sites (N-methyl/N-ethyl adjacent to an activating group) is 1. The lowest BCUT2D eigenvalue weighted by Gasteiger charge is -2.42. The number of quaternary nitrogens is 1. The van der Waals surface area contributed by atoms with Crippen LogP contribution in [0.2, 0.25) is 0 Å². The second kappa shape index (κ2) is 25.5. The zero-order valence-electron chi connectivity index (χ0n) is 31.8. The minimum atomic E-state index is -0.690. The predicted octanol–water partition coefficient (Wildman–Crippen LogP) is 10.5. The zero-order chi connectivity index (χ0) is 33.3. The van der Waals surface area contributed by atoms with E-state index in [0.29, 0.717) is 13.0 Å². The summed E-state index contributed by atoms with van der Waals surface area (Å²) >= 11 is 0. The first-order valence-corrected chi connectivity index (χ1v) is 20.0. The van der Waals surface area contributed by atoms with Crippen LogP contribution in [0, 0.1) is 0 Å². The van der Waals surface area contributed by atoms with Crippen molar-refractivity contribution in [3.8, 4) is 0 Å². The van der Waals surface area contributed by atoms with Crippen LogP contribution in [-0.2, 0) is 14.3 Å². The molecule has 0 spiro atoms. The Morgan fingerprint density at radius 3 is 1.60 bits per heavy atom. The van der Waals surface area contributed by atoms with Crippen LogP contribution >= 0.6 is 0 Å². The van der Waals surface area contributed by atoms with Crippen LogP contribution in [0.25, 0.3) is 0 Å². The fourth-order valence-corrected chi connectivity index (χ4v) is 6.69. The van der Waals surface area contributed by atoms with Crippen molar-refractivity contribution in [2.75, 3.05) is 59.5 Å². The third-order valence-electron chi connectivity index (χ3n) is 11.1. The summed E-state index contributed by atoms with van der Waals surface area (Å²) in [6.07, 6.45) is 27.9. The van der Waals surface area contributed by atoms with E-state index in [1.807, 2.05) is 6.92 Å². The number of unbranched alkanes of at least 4 members (excludes halogenated alkanes) is 16. The molecule has 0 aromatic heterocycles. The lowest BCUT2D eigenvalue weighted by Crippen LogP contribution is -2.57. The van der Waals surface area contributed by atoms with Crippen LogP contribution in [0.1, 0.15) is 183 Å². The maximum Gasteiger partial charge on any atom is 0.165 e. The van der Waals surface area contributed by atoms with E-state index in [0.717, 1.165) is 51.9 Å². The summed E-state index contributed by atoms with van der Waals surface area (Å²) in [4.78, 5) is 15.8. The Balaban J connectivity index is 2.13. The molecule has 0 saturated carbocycles. The number of rotatable bonds is 31. The highest BCUT2D eigenvalue weighted by molar-refractivity contribution is 5.87. The first-order valence-electron chi connectivity index (χ1n) is 20.0. The van der Waals surface area contributed by atoms with Crippen molar-refractivity contribution in [2.45, 2.75) is 194 Å². The fraction of sp³-hybridized carbons (Fsp3) is 0.975. The molecule has 0 radical (unpaired) electrons. The Kier molecular flexibility index (Phi) is 24.1. The number of carbonyl (C=O) groups is 1. The van der Waals surface area contributed by atoms with Crippen molar-refractivity contribution in [2.24, 2.45) is 0 Å². The molecule has 0 amide bonds. The van der Waals surface area contributed by atoms with Crippen molar-refractivity contribution in [1.82, 2.24) is 4.90 Å². The molecule has 2 unspecified atom stereocenters. The van der Waals surface area contributed by atoms with Gasteiger partial charge in [-0.25, -0.2) is 0 Å². The molecule has 0 bridgehead atoms. The van der Waals surface area contributed by atoms with Gasteiger partial charge in [-0.2, -0.15) is 0 Å². The van der Waals surface area contributed by atoms with Gasteiger partial charge in [0, 0.05) is 32.7 Å². The van der Waals surface area contributed by atoms with Gasteiger partial charge >= 0.3 is 0 Å². The minimum Gasteiger partial charge on any atom is -0.375 e. The molecule has 0 aliphatic carbocycles. The lowest BCUT2D eigenvalue weighted by atomic mass is 9.94. The van der Waals surface area contributed by atoms with Gasteiger partial charge in [-0.15, -0.1) is 0 Å². The molecule has 1 rings (SSSR count). The maximum atomic E-state index is 13.3. The Bertz CT molecular complexity index is 708. The van der Waals surface area contributed by atoms with E-state index in [1.54, 1.807) is 0 Å². The standard InChI is InChI=1S/C40H81N2O3/c1-8-12-14-15-16-17-18-19-20-21-22-23-24-25-26-27-36-44-39(5,10-3)29-37-45-40(6,11-4)38(43)28-30-41-31-34-42(7,35-32-41)33-13-9-2/h8-37H2,1-7H3/q+1. The zero-order valence-corrected chi connectivity index (χ0v) is 31.8. The summed E-state index contributed by atoms with van der Waals surface area (Å²) in [5.41, 5.74) is -0.867. The smallest absolute Gasteiger partial charge is 0.165 e. The van der Waals surface area contributed by atoms with E-state index in [2.05, 4.69) is 46.6 Å². The number of ketones is 1. The van der Waals surface area contributed by atoms with E-state index in [1.165, 1.54) is 133 Å². The molecular formula is C40H81N2O3+. The van der Waals surface area contributed by atoms with Gasteiger partial charge in [0.25, 0.3) is 0 Å². The molecule has 5 heteroatoms. The first kappa shape index (κ1) is 42.5. The molecule has 1 saturated heterocycles. The second-order valence-corrected chi connectivity index (χ2v) is 15.3. The molecule has 1 aliphatic heterocycles. The predicted molar refractivity (Wildman–Crippen MR) is 195 cm³/mol. The average Bonchev–Trinajstić information content (AvgIpc) is 3.04. The largest absolute Gasteiger partial charge is 0.375 e. The van der Waals surface area contributed by atoms with Crippen molar-refractivity contribution in [3.63, 3.8) is 0 Å². The van der Waals surface area contributed by atoms with Crippen LogP contribution in [0.4, 0.5) is 0 Å². The van der Waals surface area contributed by atoms with Crippen LogP contribution in [0.5, 0.6) is 0 Å². The third-order valence-corrected chi connectivity index (χ3v) is 11.1. The maximum absolute atomic E-state index is 13.3. The van der Waals surface area contributed by atoms with Crippen LogP contribution in [0.3, 0.4) is 0 Å². The first-order chi connectivity index (χ1) is 21.7. The SMILES string of the molecule is CCCCCCCCCCCCCCCCCCOC(C)(CC)CCOC(C)(CC)C(=O)CCN1CC[N+](C)(CCCC)CC1. The fourth-order valence-electron chi connectivity index (χ4n) is 6.69. The molecule has 0 aromatic rings. The van der Waals surface area contributed by atoms with E-state index in [9.17, 15) is 4.79 Å². The van der Waals surface area contributed by atoms with Gasteiger partial charge in [0.1, 0.15) is 5.60 Å². The van der Waals surface area contributed by atoms with Gasteiger partial charge < -0.3 is 14.0 Å². The highest BCUT2D eigenvalue weighted by atomic mass is 16.5. The number of carbonyl (C=O) groups excluding carboxylic acids is 1. The molecule has 1 heterocycles. The number of hydrogen-bond acceptors (Lipinski definition) is 4. The Hall–Kier alpha value is -0.490. The van der Waals surface area contributed by atoms with Crippen molar-refractivity contribution < 1.29 is 18.8 Å². The summed E-state index contributed by atoms with van der Waals surface area (Å²) in [6.45, 7) is 21.2. The molecule has 0 aromatic carbocycles. The summed E-state index contributed by atoms with van der Waals surface area (Å²) in [5, 5.41) is 0. The van der Waals surface area contributed by atoms with E-state index in [-0.39, 0.29) is 11.4 Å². The number of nitrogens with zero attached hydrogens (tertiary/aromatic N) is 2. The molecule has 1 aliphatic rings. The van der Waals surface area contributed by atoms with Crippen molar-refractivity contribution >= 4 is 5.78 Å². The second-order valence-electron chi connectivity index (χ2n) is 15.3. The average molecular weight is 638 g/mol. The normalized spacial score (nSPS) is 18.1. The Labute approximate surface area is 282 Å². The number of Topliss-reactive ketones (excluding diaryl/α,β-unsaturated/α-hetero) is 1. The number of ether oxygens (including phenoxy) is 2. The monoisotopic (exact) mass is 638 g/mol. The molecule has 2 atom stereocenters. The van der Waals surface area contributed by atoms with Crippen molar-refractivity contribution in [1.29, 1.82) is 0 Å². The molecule has 0 N–H and O–H groups in total. The molecule has 45 heavy (non-hydrogen) atoms. The molecule has 5 nitrogen and oxygen atoms in total. The quantitative estimate of drug-likeness (QED) is 0.0560. The van der Waals surface area contributed by atoms with Gasteiger partial charge in [0.2, 0.25) is 0 Å². The Morgan fingerprint density at radius 2 is 1.13 bits per heavy atom. The third kappa shape index (κ3) is 19.8. The van der Waals surface area contributed by atoms with E-state index < -0.39 is 5.60 Å². The summed E-state index contributed by atoms with van der Waals surface area (Å²) < 4.78 is 13.9. The van der Waals surface area contributed by atoms with Gasteiger partial charge in [-0.1, -0.05) is 130 Å². The van der Waals surface area contributed by atoms with E-state index >= 15 is 0 Å². The highest BCUT2D eigenvalue weighted by Crippen LogP contribution is 2.25. The summed E-state index contributed by atoms with van der Waals surface area (Å²) in [5.74, 6) is 0.256. The Morgan fingerprint density at radius 1 is 0.644 bits per heavy atom. The lowest BCUT2D eigenvalue weighted by molar-refractivity contribution is -0.913. The molecular weight excluding hydrogens is 556 g/mol. The van der Waals surface area contributed by atoms with Crippen LogP contribution in [0.15, 0.2) is 0 Å². The van der Waals surface area contributed by atoms with Gasteiger partial charge in [0.15, 0.2) is 5.78 Å². The van der Waals surface area contributed by atoms with Gasteiger partial charge in [0.05, 0.1) is 38.9 Å². The van der Waals surface area contributed by atoms with Crippen LogP contribution in [-0.4, -0.2) is 85.9 Å². The van der Waals surface area contributed by atoms with Gasteiger partial charge in [-0.3, -0.25) is 9.69 Å². The molecule has 268 valence electrons. The van der Waals surface area contributed by atoms with E-state index in [4.69, 9.17) is 9.47 Å². The number of piperazine rings is 1. The minimum absolute atomic E-state index is 0.177. The van der Waals surface area contributed by atoms with Gasteiger partial charge in [-0.05, 0) is 46.0 Å². The van der Waals surface area contributed by atoms with Crippen LogP contribution < -0.4 is 0 Å². The summed E-state index contributed by atoms with van der Waals surface area (Å²) in [6, 6.07) is 0. The topological polar surface area (TPSA) is 38.8 Å². The number of hydrogen-bond donors (Lipinski definition) is 0. The summed E-state index contributed by atoms with van der Waals surface area (Å²) in [7, 11) is 2.40. The molecule has 1 fully saturated rings. The van der Waals surface area contributed by atoms with Crippen molar-refractivity contribution in [3.05, 3.63) is 0 Å².